The summed E-state index contributed by atoms with van der Waals surface area (Å²) in [7, 11) is 0. The Hall–Kier alpha value is -2.73. The number of rotatable bonds is 7. The third-order valence-electron chi connectivity index (χ3n) is 3.94. The van der Waals surface area contributed by atoms with Crippen molar-refractivity contribution in [2.24, 2.45) is 0 Å². The second-order valence-electron chi connectivity index (χ2n) is 6.62. The maximum absolute atomic E-state index is 12.3. The van der Waals surface area contributed by atoms with Crippen LogP contribution in [0.15, 0.2) is 54.6 Å². The summed E-state index contributed by atoms with van der Waals surface area (Å²) in [6.45, 7) is 6.36. The number of para-hydroxylation sites is 1. The first kappa shape index (κ1) is 18.6. The molecule has 0 spiro atoms. The van der Waals surface area contributed by atoms with Crippen LogP contribution in [0.25, 0.3) is 0 Å². The predicted octanol–water partition coefficient (Wildman–Crippen LogP) is 3.45. The van der Waals surface area contributed by atoms with E-state index in [0.717, 1.165) is 5.56 Å². The van der Waals surface area contributed by atoms with Gasteiger partial charge < -0.3 is 10.6 Å². The van der Waals surface area contributed by atoms with Crippen molar-refractivity contribution < 1.29 is 9.72 Å². The first-order valence-corrected chi connectivity index (χ1v) is 8.14. The maximum Gasteiger partial charge on any atom is 0.282 e. The SMILES string of the molecule is C[C@@H](NC(C)(C)CNC(=O)c1ccccc1[N+](=O)[O-])c1ccccc1. The molecule has 1 atom stereocenters. The highest BCUT2D eigenvalue weighted by Crippen LogP contribution is 2.18. The van der Waals surface area contributed by atoms with Gasteiger partial charge in [-0.15, -0.1) is 0 Å². The molecule has 0 unspecified atom stereocenters. The van der Waals surface area contributed by atoms with Crippen LogP contribution in [0.3, 0.4) is 0 Å². The average molecular weight is 341 g/mol. The molecule has 0 radical (unpaired) electrons. The van der Waals surface area contributed by atoms with E-state index in [9.17, 15) is 14.9 Å². The minimum Gasteiger partial charge on any atom is -0.350 e. The molecular weight excluding hydrogens is 318 g/mol. The van der Waals surface area contributed by atoms with E-state index in [2.05, 4.69) is 17.6 Å². The Bertz CT molecular complexity index is 745. The van der Waals surface area contributed by atoms with Crippen LogP contribution < -0.4 is 10.6 Å². The van der Waals surface area contributed by atoms with Gasteiger partial charge in [0.15, 0.2) is 0 Å². The van der Waals surface area contributed by atoms with Gasteiger partial charge in [-0.05, 0) is 32.4 Å². The fourth-order valence-corrected chi connectivity index (χ4v) is 2.68. The lowest BCUT2D eigenvalue weighted by molar-refractivity contribution is -0.385. The van der Waals surface area contributed by atoms with E-state index in [1.807, 2.05) is 44.2 Å². The molecule has 2 N–H and O–H groups in total. The Morgan fingerprint density at radius 1 is 1.12 bits per heavy atom. The van der Waals surface area contributed by atoms with E-state index in [4.69, 9.17) is 0 Å². The predicted molar refractivity (Wildman–Crippen MR) is 97.5 cm³/mol. The van der Waals surface area contributed by atoms with Crippen LogP contribution in [-0.4, -0.2) is 22.9 Å². The van der Waals surface area contributed by atoms with Gasteiger partial charge in [-0.3, -0.25) is 14.9 Å². The first-order chi connectivity index (χ1) is 11.8. The van der Waals surface area contributed by atoms with Crippen LogP contribution >= 0.6 is 0 Å². The maximum atomic E-state index is 12.3. The zero-order valence-corrected chi connectivity index (χ0v) is 14.7. The molecule has 1 amide bonds. The molecule has 0 aliphatic heterocycles. The van der Waals surface area contributed by atoms with Crippen molar-refractivity contribution in [1.29, 1.82) is 0 Å². The molecule has 6 nitrogen and oxygen atoms in total. The molecule has 0 fully saturated rings. The Morgan fingerprint density at radius 3 is 2.36 bits per heavy atom. The van der Waals surface area contributed by atoms with Gasteiger partial charge in [0, 0.05) is 24.2 Å². The first-order valence-electron chi connectivity index (χ1n) is 8.14. The second kappa shape index (κ2) is 7.90. The molecule has 0 bridgehead atoms. The average Bonchev–Trinajstić information content (AvgIpc) is 2.60. The highest BCUT2D eigenvalue weighted by atomic mass is 16.6. The summed E-state index contributed by atoms with van der Waals surface area (Å²) in [5.41, 5.74) is 0.650. The molecule has 0 aromatic heterocycles. The van der Waals surface area contributed by atoms with Crippen LogP contribution in [0.5, 0.6) is 0 Å². The number of nitrogens with one attached hydrogen (secondary N) is 2. The normalized spacial score (nSPS) is 12.4. The number of hydrogen-bond donors (Lipinski definition) is 2. The van der Waals surface area contributed by atoms with Crippen molar-refractivity contribution in [2.45, 2.75) is 32.4 Å². The fourth-order valence-electron chi connectivity index (χ4n) is 2.68. The third-order valence-corrected chi connectivity index (χ3v) is 3.94. The molecule has 0 saturated heterocycles. The number of nitro groups is 1. The number of carbonyl (C=O) groups excluding carboxylic acids is 1. The molecule has 132 valence electrons. The van der Waals surface area contributed by atoms with Gasteiger partial charge in [-0.2, -0.15) is 0 Å². The fraction of sp³-hybridized carbons (Fsp3) is 0.316. The topological polar surface area (TPSA) is 84.3 Å². The quantitative estimate of drug-likeness (QED) is 0.597. The van der Waals surface area contributed by atoms with E-state index in [1.165, 1.54) is 12.1 Å². The molecule has 0 aliphatic carbocycles. The summed E-state index contributed by atoms with van der Waals surface area (Å²) in [5, 5.41) is 17.3. The van der Waals surface area contributed by atoms with E-state index in [0.29, 0.717) is 6.54 Å². The lowest BCUT2D eigenvalue weighted by Gasteiger charge is -2.30. The van der Waals surface area contributed by atoms with E-state index in [1.54, 1.807) is 12.1 Å². The minimum atomic E-state index is -0.546. The molecule has 2 rings (SSSR count). The largest absolute Gasteiger partial charge is 0.350 e. The molecule has 0 saturated carbocycles. The third kappa shape index (κ3) is 5.12. The standard InChI is InChI=1S/C19H23N3O3/c1-14(15-9-5-4-6-10-15)21-19(2,3)13-20-18(23)16-11-7-8-12-17(16)22(24)25/h4-12,14,21H,13H2,1-3H3,(H,20,23)/t14-/m1/s1. The van der Waals surface area contributed by atoms with Gasteiger partial charge in [0.2, 0.25) is 0 Å². The minimum absolute atomic E-state index is 0.0689. The molecule has 6 heteroatoms. The molecule has 2 aromatic rings. The summed E-state index contributed by atoms with van der Waals surface area (Å²) in [6.07, 6.45) is 0. The Kier molecular flexibility index (Phi) is 5.88. The van der Waals surface area contributed by atoms with Crippen LogP contribution in [0, 0.1) is 10.1 Å². The summed E-state index contributed by atoms with van der Waals surface area (Å²) in [5.74, 6) is -0.450. The van der Waals surface area contributed by atoms with E-state index >= 15 is 0 Å². The Labute approximate surface area is 147 Å². The van der Waals surface area contributed by atoms with Gasteiger partial charge in [-0.1, -0.05) is 42.5 Å². The van der Waals surface area contributed by atoms with E-state index in [-0.39, 0.29) is 22.8 Å². The smallest absolute Gasteiger partial charge is 0.282 e. The highest BCUT2D eigenvalue weighted by molar-refractivity contribution is 5.98. The summed E-state index contributed by atoms with van der Waals surface area (Å²) < 4.78 is 0. The second-order valence-corrected chi connectivity index (χ2v) is 6.62. The Balaban J connectivity index is 2.00. The van der Waals surface area contributed by atoms with Crippen LogP contribution in [0.2, 0.25) is 0 Å². The van der Waals surface area contributed by atoms with Gasteiger partial charge in [0.25, 0.3) is 11.6 Å². The molecule has 0 aliphatic rings. The van der Waals surface area contributed by atoms with Crippen molar-refractivity contribution in [3.63, 3.8) is 0 Å². The van der Waals surface area contributed by atoms with Gasteiger partial charge in [-0.25, -0.2) is 0 Å². The number of carbonyl (C=O) groups is 1. The van der Waals surface area contributed by atoms with Crippen LogP contribution in [-0.2, 0) is 0 Å². The number of benzene rings is 2. The lowest BCUT2D eigenvalue weighted by Crippen LogP contribution is -2.49. The summed E-state index contributed by atoms with van der Waals surface area (Å²) >= 11 is 0. The Morgan fingerprint density at radius 2 is 1.72 bits per heavy atom. The monoisotopic (exact) mass is 341 g/mol. The number of hydrogen-bond acceptors (Lipinski definition) is 4. The molecular formula is C19H23N3O3. The molecule has 25 heavy (non-hydrogen) atoms. The van der Waals surface area contributed by atoms with Crippen molar-refractivity contribution in [3.05, 3.63) is 75.8 Å². The van der Waals surface area contributed by atoms with Gasteiger partial charge in [0.1, 0.15) is 5.56 Å². The lowest BCUT2D eigenvalue weighted by atomic mass is 10.0. The van der Waals surface area contributed by atoms with Crippen LogP contribution in [0.4, 0.5) is 5.69 Å². The van der Waals surface area contributed by atoms with Crippen LogP contribution in [0.1, 0.15) is 42.7 Å². The zero-order valence-electron chi connectivity index (χ0n) is 14.7. The number of amides is 1. The van der Waals surface area contributed by atoms with Crippen molar-refractivity contribution >= 4 is 11.6 Å². The molecule has 2 aromatic carbocycles. The van der Waals surface area contributed by atoms with Crippen molar-refractivity contribution in [3.8, 4) is 0 Å². The van der Waals surface area contributed by atoms with Gasteiger partial charge >= 0.3 is 0 Å². The van der Waals surface area contributed by atoms with E-state index < -0.39 is 10.8 Å². The summed E-state index contributed by atoms with van der Waals surface area (Å²) in [6, 6.07) is 16.1. The summed E-state index contributed by atoms with van der Waals surface area (Å²) in [4.78, 5) is 22.8. The number of nitro benzene ring substituents is 1. The molecule has 0 heterocycles. The van der Waals surface area contributed by atoms with Gasteiger partial charge in [0.05, 0.1) is 4.92 Å². The highest BCUT2D eigenvalue weighted by Gasteiger charge is 2.24. The zero-order chi connectivity index (χ0) is 18.4. The number of nitrogens with zero attached hydrogens (tertiary/aromatic N) is 1. The van der Waals surface area contributed by atoms with Crippen molar-refractivity contribution in [2.75, 3.05) is 6.54 Å². The van der Waals surface area contributed by atoms with Crippen molar-refractivity contribution in [1.82, 2.24) is 10.6 Å².